The third-order valence-electron chi connectivity index (χ3n) is 1.84. The van der Waals surface area contributed by atoms with Gasteiger partial charge in [-0.3, -0.25) is 4.79 Å². The molecule has 0 aliphatic carbocycles. The van der Waals surface area contributed by atoms with Gasteiger partial charge in [0.25, 0.3) is 0 Å². The fourth-order valence-electron chi connectivity index (χ4n) is 0.836. The van der Waals surface area contributed by atoms with Gasteiger partial charge in [0.2, 0.25) is 0 Å². The van der Waals surface area contributed by atoms with Crippen molar-refractivity contribution in [3.63, 3.8) is 0 Å². The van der Waals surface area contributed by atoms with E-state index in [9.17, 15) is 4.79 Å². The molecule has 0 aromatic heterocycles. The SMILES string of the molecule is C=C(C)C(=O)COC1(C)COC1. The van der Waals surface area contributed by atoms with Gasteiger partial charge in [-0.25, -0.2) is 0 Å². The molecule has 0 atom stereocenters. The van der Waals surface area contributed by atoms with Gasteiger partial charge in [0, 0.05) is 0 Å². The number of hydrogen-bond acceptors (Lipinski definition) is 3. The standard InChI is InChI=1S/C9H14O3/c1-7(2)8(10)4-12-9(3)5-11-6-9/h1,4-6H2,2-3H3. The number of carbonyl (C=O) groups excluding carboxylic acids is 1. The van der Waals surface area contributed by atoms with Gasteiger partial charge in [0.15, 0.2) is 5.78 Å². The molecule has 1 rings (SSSR count). The second-order valence-corrected chi connectivity index (χ2v) is 3.43. The van der Waals surface area contributed by atoms with Crippen LogP contribution in [0.15, 0.2) is 12.2 Å². The Morgan fingerprint density at radius 2 is 2.25 bits per heavy atom. The maximum Gasteiger partial charge on any atom is 0.183 e. The van der Waals surface area contributed by atoms with Crippen LogP contribution < -0.4 is 0 Å². The van der Waals surface area contributed by atoms with Crippen molar-refractivity contribution in [2.45, 2.75) is 19.4 Å². The summed E-state index contributed by atoms with van der Waals surface area (Å²) >= 11 is 0. The van der Waals surface area contributed by atoms with E-state index >= 15 is 0 Å². The van der Waals surface area contributed by atoms with Crippen LogP contribution in [-0.4, -0.2) is 31.2 Å². The molecular weight excluding hydrogens is 156 g/mol. The Hall–Kier alpha value is -0.670. The molecule has 1 aliphatic heterocycles. The quantitative estimate of drug-likeness (QED) is 0.589. The van der Waals surface area contributed by atoms with Crippen LogP contribution in [-0.2, 0) is 14.3 Å². The van der Waals surface area contributed by atoms with Crippen molar-refractivity contribution in [3.8, 4) is 0 Å². The predicted molar refractivity (Wildman–Crippen MR) is 45.0 cm³/mol. The molecule has 0 spiro atoms. The zero-order valence-electron chi connectivity index (χ0n) is 7.55. The highest BCUT2D eigenvalue weighted by atomic mass is 16.6. The van der Waals surface area contributed by atoms with Gasteiger partial charge in [0.05, 0.1) is 13.2 Å². The molecule has 0 amide bonds. The van der Waals surface area contributed by atoms with Crippen molar-refractivity contribution in [1.29, 1.82) is 0 Å². The van der Waals surface area contributed by atoms with E-state index in [1.165, 1.54) is 0 Å². The van der Waals surface area contributed by atoms with Crippen molar-refractivity contribution in [3.05, 3.63) is 12.2 Å². The van der Waals surface area contributed by atoms with Gasteiger partial charge in [0.1, 0.15) is 12.2 Å². The molecule has 3 nitrogen and oxygen atoms in total. The maximum atomic E-state index is 11.1. The molecule has 0 saturated carbocycles. The number of ether oxygens (including phenoxy) is 2. The molecule has 12 heavy (non-hydrogen) atoms. The van der Waals surface area contributed by atoms with Crippen LogP contribution in [0.4, 0.5) is 0 Å². The first-order chi connectivity index (χ1) is 5.53. The maximum absolute atomic E-state index is 11.1. The average molecular weight is 170 g/mol. The van der Waals surface area contributed by atoms with Gasteiger partial charge in [-0.15, -0.1) is 0 Å². The van der Waals surface area contributed by atoms with Gasteiger partial charge < -0.3 is 9.47 Å². The van der Waals surface area contributed by atoms with E-state index in [0.717, 1.165) is 0 Å². The Kier molecular flexibility index (Phi) is 2.65. The third kappa shape index (κ3) is 2.16. The third-order valence-corrected chi connectivity index (χ3v) is 1.84. The first kappa shape index (κ1) is 9.42. The van der Waals surface area contributed by atoms with Crippen LogP contribution in [0.3, 0.4) is 0 Å². The van der Waals surface area contributed by atoms with Crippen molar-refractivity contribution < 1.29 is 14.3 Å². The molecule has 1 saturated heterocycles. The van der Waals surface area contributed by atoms with Crippen LogP contribution in [0.2, 0.25) is 0 Å². The van der Waals surface area contributed by atoms with E-state index in [1.807, 2.05) is 6.92 Å². The molecule has 1 aliphatic rings. The van der Waals surface area contributed by atoms with E-state index in [0.29, 0.717) is 18.8 Å². The molecule has 1 heterocycles. The molecule has 0 aromatic rings. The smallest absolute Gasteiger partial charge is 0.183 e. The van der Waals surface area contributed by atoms with E-state index < -0.39 is 0 Å². The molecule has 0 N–H and O–H groups in total. The lowest BCUT2D eigenvalue weighted by Gasteiger charge is -2.37. The molecule has 3 heteroatoms. The summed E-state index contributed by atoms with van der Waals surface area (Å²) in [5.74, 6) is -0.0388. The first-order valence-electron chi connectivity index (χ1n) is 3.94. The lowest BCUT2D eigenvalue weighted by Crippen LogP contribution is -2.49. The molecule has 0 radical (unpaired) electrons. The van der Waals surface area contributed by atoms with Gasteiger partial charge >= 0.3 is 0 Å². The number of hydrogen-bond donors (Lipinski definition) is 0. The Bertz CT molecular complexity index is 204. The van der Waals surface area contributed by atoms with E-state index in [-0.39, 0.29) is 18.0 Å². The number of carbonyl (C=O) groups is 1. The lowest BCUT2D eigenvalue weighted by molar-refractivity contribution is -0.198. The number of Topliss-reactive ketones (excluding diaryl/α,β-unsaturated/α-hetero) is 1. The number of ketones is 1. The predicted octanol–water partition coefficient (Wildman–Crippen LogP) is 0.937. The number of rotatable bonds is 4. The van der Waals surface area contributed by atoms with E-state index in [2.05, 4.69) is 6.58 Å². The van der Waals surface area contributed by atoms with Crippen LogP contribution in [0.5, 0.6) is 0 Å². The van der Waals surface area contributed by atoms with Crippen LogP contribution in [0.25, 0.3) is 0 Å². The largest absolute Gasteiger partial charge is 0.375 e. The first-order valence-corrected chi connectivity index (χ1v) is 3.94. The summed E-state index contributed by atoms with van der Waals surface area (Å²) in [7, 11) is 0. The minimum absolute atomic E-state index is 0.0388. The summed E-state index contributed by atoms with van der Waals surface area (Å²) in [4.78, 5) is 11.1. The summed E-state index contributed by atoms with van der Waals surface area (Å²) in [5, 5.41) is 0. The Morgan fingerprint density at radius 3 is 2.58 bits per heavy atom. The lowest BCUT2D eigenvalue weighted by atomic mass is 10.1. The molecule has 0 aromatic carbocycles. The van der Waals surface area contributed by atoms with Gasteiger partial charge in [-0.2, -0.15) is 0 Å². The van der Waals surface area contributed by atoms with Crippen molar-refractivity contribution in [1.82, 2.24) is 0 Å². The van der Waals surface area contributed by atoms with E-state index in [4.69, 9.17) is 9.47 Å². The monoisotopic (exact) mass is 170 g/mol. The fourth-order valence-corrected chi connectivity index (χ4v) is 0.836. The molecule has 0 bridgehead atoms. The topological polar surface area (TPSA) is 35.5 Å². The minimum Gasteiger partial charge on any atom is -0.375 e. The highest BCUT2D eigenvalue weighted by molar-refractivity contribution is 5.95. The van der Waals surface area contributed by atoms with Gasteiger partial charge in [-0.05, 0) is 19.4 Å². The molecule has 0 unspecified atom stereocenters. The fraction of sp³-hybridized carbons (Fsp3) is 0.667. The minimum atomic E-state index is -0.245. The highest BCUT2D eigenvalue weighted by Crippen LogP contribution is 2.20. The van der Waals surface area contributed by atoms with E-state index in [1.54, 1.807) is 6.92 Å². The van der Waals surface area contributed by atoms with Crippen LogP contribution >= 0.6 is 0 Å². The van der Waals surface area contributed by atoms with Crippen molar-refractivity contribution in [2.75, 3.05) is 19.8 Å². The van der Waals surface area contributed by atoms with Crippen molar-refractivity contribution in [2.24, 2.45) is 0 Å². The Morgan fingerprint density at radius 1 is 1.67 bits per heavy atom. The second-order valence-electron chi connectivity index (χ2n) is 3.43. The second kappa shape index (κ2) is 3.37. The highest BCUT2D eigenvalue weighted by Gasteiger charge is 2.34. The zero-order valence-corrected chi connectivity index (χ0v) is 7.55. The van der Waals surface area contributed by atoms with Gasteiger partial charge in [-0.1, -0.05) is 6.58 Å². The summed E-state index contributed by atoms with van der Waals surface area (Å²) in [6.45, 7) is 8.44. The molecular formula is C9H14O3. The zero-order chi connectivity index (χ0) is 9.19. The average Bonchev–Trinajstić information content (AvgIpc) is 1.96. The van der Waals surface area contributed by atoms with Crippen molar-refractivity contribution >= 4 is 5.78 Å². The molecule has 1 fully saturated rings. The molecule has 68 valence electrons. The Labute approximate surface area is 72.4 Å². The summed E-state index contributed by atoms with van der Waals surface area (Å²) in [6.07, 6.45) is 0. The summed E-state index contributed by atoms with van der Waals surface area (Å²) in [6, 6.07) is 0. The summed E-state index contributed by atoms with van der Waals surface area (Å²) < 4.78 is 10.3. The summed E-state index contributed by atoms with van der Waals surface area (Å²) in [5.41, 5.74) is 0.296. The van der Waals surface area contributed by atoms with Crippen LogP contribution in [0.1, 0.15) is 13.8 Å². The Balaban J connectivity index is 2.25. The van der Waals surface area contributed by atoms with Crippen LogP contribution in [0, 0.1) is 0 Å². The normalized spacial score (nSPS) is 19.8.